The number of rotatable bonds is 5. The van der Waals surface area contributed by atoms with Crippen molar-refractivity contribution in [1.82, 2.24) is 5.32 Å². The number of hydrogen-bond donors (Lipinski definition) is 2. The zero-order chi connectivity index (χ0) is 14.5. The van der Waals surface area contributed by atoms with Crippen molar-refractivity contribution in [2.75, 3.05) is 12.4 Å². The van der Waals surface area contributed by atoms with E-state index in [1.165, 1.54) is 4.88 Å². The summed E-state index contributed by atoms with van der Waals surface area (Å²) >= 11 is 1.72. The van der Waals surface area contributed by atoms with E-state index in [1.807, 2.05) is 45.2 Å². The molecule has 1 unspecified atom stereocenters. The first-order valence-corrected chi connectivity index (χ1v) is 7.59. The van der Waals surface area contributed by atoms with Crippen molar-refractivity contribution in [2.24, 2.45) is 0 Å². The molecule has 0 spiro atoms. The number of carbonyl (C=O) groups excluding carboxylic acids is 1. The second-order valence-electron chi connectivity index (χ2n) is 4.94. The Labute approximate surface area is 124 Å². The molecule has 2 rings (SSSR count). The first kappa shape index (κ1) is 14.6. The lowest BCUT2D eigenvalue weighted by Gasteiger charge is -2.14. The zero-order valence-corrected chi connectivity index (χ0v) is 12.9. The van der Waals surface area contributed by atoms with Crippen LogP contribution in [-0.4, -0.2) is 19.0 Å². The van der Waals surface area contributed by atoms with Crippen molar-refractivity contribution in [3.8, 4) is 0 Å². The molecule has 1 atom stereocenters. The molecule has 0 radical (unpaired) electrons. The fourth-order valence-electron chi connectivity index (χ4n) is 2.16. The van der Waals surface area contributed by atoms with Crippen molar-refractivity contribution in [3.63, 3.8) is 0 Å². The van der Waals surface area contributed by atoms with Gasteiger partial charge in [-0.2, -0.15) is 0 Å². The van der Waals surface area contributed by atoms with Crippen LogP contribution >= 0.6 is 11.3 Å². The van der Waals surface area contributed by atoms with E-state index < -0.39 is 0 Å². The summed E-state index contributed by atoms with van der Waals surface area (Å²) in [7, 11) is 1.87. The summed E-state index contributed by atoms with van der Waals surface area (Å²) < 4.78 is 0. The Morgan fingerprint density at radius 1 is 1.35 bits per heavy atom. The summed E-state index contributed by atoms with van der Waals surface area (Å²) in [6.45, 7) is 3.99. The van der Waals surface area contributed by atoms with Gasteiger partial charge in [0.2, 0.25) is 0 Å². The van der Waals surface area contributed by atoms with E-state index in [4.69, 9.17) is 0 Å². The number of aryl methyl sites for hydroxylation is 1. The van der Waals surface area contributed by atoms with Crippen molar-refractivity contribution >= 4 is 22.9 Å². The van der Waals surface area contributed by atoms with Gasteiger partial charge in [-0.1, -0.05) is 6.07 Å². The number of benzene rings is 1. The van der Waals surface area contributed by atoms with E-state index in [0.717, 1.165) is 23.2 Å². The van der Waals surface area contributed by atoms with Crippen LogP contribution in [-0.2, 0) is 6.42 Å². The molecule has 20 heavy (non-hydrogen) atoms. The van der Waals surface area contributed by atoms with Crippen LogP contribution in [0.5, 0.6) is 0 Å². The number of carbonyl (C=O) groups is 1. The SMILES string of the molecule is CNc1ccc(C(=O)NC(C)Cc2cccs2)c(C)c1. The predicted octanol–water partition coefficient (Wildman–Crippen LogP) is 3.46. The van der Waals surface area contributed by atoms with Crippen molar-refractivity contribution in [1.29, 1.82) is 0 Å². The van der Waals surface area contributed by atoms with Crippen molar-refractivity contribution in [3.05, 3.63) is 51.7 Å². The summed E-state index contributed by atoms with van der Waals surface area (Å²) in [4.78, 5) is 13.6. The molecule has 0 aliphatic heterocycles. The molecule has 1 amide bonds. The second-order valence-corrected chi connectivity index (χ2v) is 5.97. The van der Waals surface area contributed by atoms with Gasteiger partial charge in [-0.25, -0.2) is 0 Å². The molecular formula is C16H20N2OS. The molecule has 2 aromatic rings. The van der Waals surface area contributed by atoms with Gasteiger partial charge in [0, 0.05) is 35.6 Å². The molecule has 0 bridgehead atoms. The zero-order valence-electron chi connectivity index (χ0n) is 12.1. The lowest BCUT2D eigenvalue weighted by atomic mass is 10.1. The van der Waals surface area contributed by atoms with Gasteiger partial charge in [-0.05, 0) is 49.1 Å². The maximum atomic E-state index is 12.3. The smallest absolute Gasteiger partial charge is 0.251 e. The number of anilines is 1. The minimum absolute atomic E-state index is 0.00536. The predicted molar refractivity (Wildman–Crippen MR) is 85.7 cm³/mol. The average molecular weight is 288 g/mol. The van der Waals surface area contributed by atoms with E-state index in [0.29, 0.717) is 0 Å². The molecule has 3 nitrogen and oxygen atoms in total. The Morgan fingerprint density at radius 2 is 2.15 bits per heavy atom. The summed E-state index contributed by atoms with van der Waals surface area (Å²) in [6.07, 6.45) is 0.872. The Hall–Kier alpha value is -1.81. The summed E-state index contributed by atoms with van der Waals surface area (Å²) in [5.74, 6) is -0.00536. The van der Waals surface area contributed by atoms with Gasteiger partial charge < -0.3 is 10.6 Å². The number of thiophene rings is 1. The second kappa shape index (κ2) is 6.57. The summed E-state index contributed by atoms with van der Waals surface area (Å²) in [5, 5.41) is 8.19. The van der Waals surface area contributed by atoms with Crippen LogP contribution in [0.1, 0.15) is 27.7 Å². The van der Waals surface area contributed by atoms with Crippen molar-refractivity contribution < 1.29 is 4.79 Å². The first-order chi connectivity index (χ1) is 9.60. The Morgan fingerprint density at radius 3 is 2.75 bits per heavy atom. The van der Waals surface area contributed by atoms with Crippen LogP contribution in [0.3, 0.4) is 0 Å². The molecule has 1 aromatic heterocycles. The van der Waals surface area contributed by atoms with Crippen LogP contribution in [0.2, 0.25) is 0 Å². The minimum atomic E-state index is -0.00536. The number of amides is 1. The summed E-state index contributed by atoms with van der Waals surface area (Å²) in [6, 6.07) is 10.0. The lowest BCUT2D eigenvalue weighted by molar-refractivity contribution is 0.0939. The molecule has 0 aliphatic carbocycles. The molecule has 0 fully saturated rings. The molecule has 0 saturated carbocycles. The lowest BCUT2D eigenvalue weighted by Crippen LogP contribution is -2.34. The number of hydrogen-bond acceptors (Lipinski definition) is 3. The largest absolute Gasteiger partial charge is 0.388 e. The molecule has 0 saturated heterocycles. The van der Waals surface area contributed by atoms with Crippen LogP contribution in [0, 0.1) is 6.92 Å². The highest BCUT2D eigenvalue weighted by Gasteiger charge is 2.13. The van der Waals surface area contributed by atoms with Crippen molar-refractivity contribution in [2.45, 2.75) is 26.3 Å². The third kappa shape index (κ3) is 3.61. The Balaban J connectivity index is 2.00. The normalized spacial score (nSPS) is 11.9. The van der Waals surface area contributed by atoms with E-state index in [9.17, 15) is 4.79 Å². The number of nitrogens with one attached hydrogen (secondary N) is 2. The molecule has 4 heteroatoms. The van der Waals surface area contributed by atoms with Gasteiger partial charge in [-0.15, -0.1) is 11.3 Å². The van der Waals surface area contributed by atoms with Crippen LogP contribution in [0.4, 0.5) is 5.69 Å². The van der Waals surface area contributed by atoms with E-state index in [1.54, 1.807) is 11.3 Å². The Bertz CT molecular complexity index is 578. The standard InChI is InChI=1S/C16H20N2OS/c1-11-9-13(17-3)6-7-15(11)16(19)18-12(2)10-14-5-4-8-20-14/h4-9,12,17H,10H2,1-3H3,(H,18,19). The third-order valence-electron chi connectivity index (χ3n) is 3.22. The molecule has 106 valence electrons. The monoisotopic (exact) mass is 288 g/mol. The third-order valence-corrected chi connectivity index (χ3v) is 4.12. The summed E-state index contributed by atoms with van der Waals surface area (Å²) in [5.41, 5.74) is 2.74. The highest BCUT2D eigenvalue weighted by atomic mass is 32.1. The van der Waals surface area contributed by atoms with Crippen LogP contribution < -0.4 is 10.6 Å². The quantitative estimate of drug-likeness (QED) is 0.884. The molecule has 1 heterocycles. The van der Waals surface area contributed by atoms with Gasteiger partial charge in [0.05, 0.1) is 0 Å². The topological polar surface area (TPSA) is 41.1 Å². The molecule has 0 aliphatic rings. The van der Waals surface area contributed by atoms with Gasteiger partial charge in [-0.3, -0.25) is 4.79 Å². The first-order valence-electron chi connectivity index (χ1n) is 6.72. The van der Waals surface area contributed by atoms with E-state index >= 15 is 0 Å². The Kier molecular flexibility index (Phi) is 4.79. The molecular weight excluding hydrogens is 268 g/mol. The molecule has 2 N–H and O–H groups in total. The highest BCUT2D eigenvalue weighted by Crippen LogP contribution is 2.15. The fraction of sp³-hybridized carbons (Fsp3) is 0.312. The van der Waals surface area contributed by atoms with Gasteiger partial charge in [0.1, 0.15) is 0 Å². The van der Waals surface area contributed by atoms with Gasteiger partial charge in [0.25, 0.3) is 5.91 Å². The van der Waals surface area contributed by atoms with Gasteiger partial charge >= 0.3 is 0 Å². The highest BCUT2D eigenvalue weighted by molar-refractivity contribution is 7.09. The van der Waals surface area contributed by atoms with Gasteiger partial charge in [0.15, 0.2) is 0 Å². The molecule has 1 aromatic carbocycles. The van der Waals surface area contributed by atoms with Crippen LogP contribution in [0.15, 0.2) is 35.7 Å². The average Bonchev–Trinajstić information content (AvgIpc) is 2.90. The van der Waals surface area contributed by atoms with Crippen LogP contribution in [0.25, 0.3) is 0 Å². The minimum Gasteiger partial charge on any atom is -0.388 e. The fourth-order valence-corrected chi connectivity index (χ4v) is 2.99. The maximum absolute atomic E-state index is 12.3. The maximum Gasteiger partial charge on any atom is 0.251 e. The van der Waals surface area contributed by atoms with E-state index in [2.05, 4.69) is 22.1 Å². The van der Waals surface area contributed by atoms with E-state index in [-0.39, 0.29) is 11.9 Å².